The highest BCUT2D eigenvalue weighted by Gasteiger charge is 2.37. The Bertz CT molecular complexity index is 1070. The van der Waals surface area contributed by atoms with Gasteiger partial charge in [0.25, 0.3) is 0 Å². The van der Waals surface area contributed by atoms with Gasteiger partial charge in [-0.2, -0.15) is 5.10 Å². The number of carbonyl (C=O) groups excluding carboxylic acids is 1. The van der Waals surface area contributed by atoms with E-state index in [1.807, 2.05) is 72.8 Å². The molecule has 1 fully saturated rings. The molecule has 150 valence electrons. The summed E-state index contributed by atoms with van der Waals surface area (Å²) in [5.41, 5.74) is 2.12. The van der Waals surface area contributed by atoms with E-state index >= 15 is 0 Å². The average molecular weight is 416 g/mol. The number of furan rings is 1. The van der Waals surface area contributed by atoms with Crippen molar-refractivity contribution in [1.82, 2.24) is 4.90 Å². The Kier molecular flexibility index (Phi) is 6.25. The highest BCUT2D eigenvalue weighted by molar-refractivity contribution is 8.15. The zero-order valence-electron chi connectivity index (χ0n) is 16.3. The lowest BCUT2D eigenvalue weighted by atomic mass is 10.1. The van der Waals surface area contributed by atoms with Crippen LogP contribution in [-0.4, -0.2) is 34.0 Å². The minimum Gasteiger partial charge on any atom is -0.455 e. The molecule has 0 aliphatic carbocycles. The number of benzene rings is 2. The fraction of sp³-hybridized carbons (Fsp3) is 0.125. The monoisotopic (exact) mass is 415 g/mol. The number of thioether (sulfide) groups is 1. The van der Waals surface area contributed by atoms with Gasteiger partial charge in [-0.15, -0.1) is 11.7 Å². The third-order valence-electron chi connectivity index (χ3n) is 4.61. The smallest absolute Gasteiger partial charge is 0.242 e. The maximum absolute atomic E-state index is 12.8. The zero-order valence-corrected chi connectivity index (χ0v) is 17.2. The molecule has 5 nitrogen and oxygen atoms in total. The number of carbonyl (C=O) groups is 1. The lowest BCUT2D eigenvalue weighted by Crippen LogP contribution is -2.32. The molecule has 0 spiro atoms. The van der Waals surface area contributed by atoms with Gasteiger partial charge in [-0.1, -0.05) is 78.5 Å². The first-order chi connectivity index (χ1) is 14.7. The highest BCUT2D eigenvalue weighted by atomic mass is 32.2. The molecule has 1 aliphatic rings. The summed E-state index contributed by atoms with van der Waals surface area (Å²) in [5, 5.41) is 8.81. The van der Waals surface area contributed by atoms with Crippen LogP contribution in [0.4, 0.5) is 0 Å². The van der Waals surface area contributed by atoms with Gasteiger partial charge in [-0.3, -0.25) is 9.69 Å². The first-order valence-corrected chi connectivity index (χ1v) is 10.5. The fourth-order valence-corrected chi connectivity index (χ4v) is 4.30. The quantitative estimate of drug-likeness (QED) is 0.310. The highest BCUT2D eigenvalue weighted by Crippen LogP contribution is 2.30. The number of nitrogens with zero attached hydrogens (tertiary/aromatic N) is 3. The van der Waals surface area contributed by atoms with E-state index in [0.717, 1.165) is 16.9 Å². The Morgan fingerprint density at radius 2 is 1.77 bits per heavy atom. The van der Waals surface area contributed by atoms with Crippen LogP contribution in [-0.2, 0) is 11.2 Å². The van der Waals surface area contributed by atoms with Crippen LogP contribution < -0.4 is 0 Å². The Morgan fingerprint density at radius 3 is 2.50 bits per heavy atom. The van der Waals surface area contributed by atoms with Gasteiger partial charge in [-0.05, 0) is 24.1 Å². The summed E-state index contributed by atoms with van der Waals surface area (Å²) < 4.78 is 5.81. The molecule has 1 atom stereocenters. The summed E-state index contributed by atoms with van der Waals surface area (Å²) >= 11 is 1.43. The number of hydrogen-bond donors (Lipinski definition) is 0. The van der Waals surface area contributed by atoms with Crippen LogP contribution in [0.25, 0.3) is 11.3 Å². The van der Waals surface area contributed by atoms with Crippen molar-refractivity contribution in [2.45, 2.75) is 11.7 Å². The first kappa shape index (κ1) is 19.9. The predicted octanol–water partition coefficient (Wildman–Crippen LogP) is 5.01. The molecule has 1 aromatic heterocycles. The van der Waals surface area contributed by atoms with E-state index in [0.29, 0.717) is 23.9 Å². The second-order valence-electron chi connectivity index (χ2n) is 6.73. The minimum atomic E-state index is -0.213. The van der Waals surface area contributed by atoms with Gasteiger partial charge in [0.05, 0.1) is 11.5 Å². The summed E-state index contributed by atoms with van der Waals surface area (Å²) in [5.74, 6) is 1.40. The molecule has 0 N–H and O–H groups in total. The normalized spacial score (nSPS) is 17.9. The SMILES string of the molecule is C=CCN1C(=O)C(Cc2ccccc2)SC1=NN=Cc1ccc(-c2ccccc2)o1. The predicted molar refractivity (Wildman–Crippen MR) is 123 cm³/mol. The van der Waals surface area contributed by atoms with E-state index in [9.17, 15) is 4.79 Å². The van der Waals surface area contributed by atoms with Crippen molar-refractivity contribution in [3.63, 3.8) is 0 Å². The van der Waals surface area contributed by atoms with Crippen molar-refractivity contribution in [3.05, 3.63) is 96.8 Å². The molecule has 2 aromatic carbocycles. The average Bonchev–Trinajstić information content (AvgIpc) is 3.36. The summed E-state index contributed by atoms with van der Waals surface area (Å²) in [7, 11) is 0. The molecule has 1 saturated heterocycles. The number of amidine groups is 1. The Hall–Kier alpha value is -3.38. The van der Waals surface area contributed by atoms with Crippen LogP contribution >= 0.6 is 11.8 Å². The van der Waals surface area contributed by atoms with E-state index in [-0.39, 0.29) is 11.2 Å². The molecule has 1 aliphatic heterocycles. The van der Waals surface area contributed by atoms with E-state index in [1.54, 1.807) is 17.2 Å². The molecular weight excluding hydrogens is 394 g/mol. The standard InChI is InChI=1S/C24H21N3O2S/c1-2-15-27-23(28)22(16-18-9-5-3-6-10-18)30-24(27)26-25-17-20-13-14-21(29-20)19-11-7-4-8-12-19/h2-14,17,22H,1,15-16H2. The molecule has 4 rings (SSSR count). The molecule has 2 heterocycles. The second kappa shape index (κ2) is 9.41. The largest absolute Gasteiger partial charge is 0.455 e. The summed E-state index contributed by atoms with van der Waals surface area (Å²) in [6.45, 7) is 4.16. The van der Waals surface area contributed by atoms with Gasteiger partial charge in [-0.25, -0.2) is 0 Å². The van der Waals surface area contributed by atoms with E-state index in [2.05, 4.69) is 16.8 Å². The van der Waals surface area contributed by atoms with E-state index in [1.165, 1.54) is 11.8 Å². The summed E-state index contributed by atoms with van der Waals surface area (Å²) in [6, 6.07) is 23.6. The number of hydrogen-bond acceptors (Lipinski definition) is 5. The van der Waals surface area contributed by atoms with Gasteiger partial charge in [0, 0.05) is 12.1 Å². The van der Waals surface area contributed by atoms with Crippen LogP contribution in [0.5, 0.6) is 0 Å². The molecule has 3 aromatic rings. The molecule has 1 unspecified atom stereocenters. The Balaban J connectivity index is 1.48. The van der Waals surface area contributed by atoms with Gasteiger partial charge in [0.15, 0.2) is 5.17 Å². The molecule has 0 saturated carbocycles. The Morgan fingerprint density at radius 1 is 1.03 bits per heavy atom. The van der Waals surface area contributed by atoms with Gasteiger partial charge < -0.3 is 4.42 Å². The Labute approximate surface area is 179 Å². The molecule has 30 heavy (non-hydrogen) atoms. The molecule has 1 amide bonds. The number of amides is 1. The maximum atomic E-state index is 12.8. The molecule has 0 bridgehead atoms. The first-order valence-electron chi connectivity index (χ1n) is 9.64. The van der Waals surface area contributed by atoms with Gasteiger partial charge in [0.1, 0.15) is 11.5 Å². The van der Waals surface area contributed by atoms with E-state index in [4.69, 9.17) is 4.42 Å². The lowest BCUT2D eigenvalue weighted by Gasteiger charge is -2.12. The third kappa shape index (κ3) is 4.60. The van der Waals surface area contributed by atoms with Crippen LogP contribution in [0.1, 0.15) is 11.3 Å². The zero-order chi connectivity index (χ0) is 20.8. The molecule has 0 radical (unpaired) electrons. The maximum Gasteiger partial charge on any atom is 0.242 e. The van der Waals surface area contributed by atoms with Crippen LogP contribution in [0.15, 0.2) is 100 Å². The summed E-state index contributed by atoms with van der Waals surface area (Å²) in [4.78, 5) is 14.4. The van der Waals surface area contributed by atoms with Crippen LogP contribution in [0.3, 0.4) is 0 Å². The lowest BCUT2D eigenvalue weighted by molar-refractivity contribution is -0.125. The van der Waals surface area contributed by atoms with Crippen LogP contribution in [0.2, 0.25) is 0 Å². The van der Waals surface area contributed by atoms with Crippen molar-refractivity contribution in [2.75, 3.05) is 6.54 Å². The van der Waals surface area contributed by atoms with Crippen molar-refractivity contribution in [3.8, 4) is 11.3 Å². The third-order valence-corrected chi connectivity index (χ3v) is 5.77. The van der Waals surface area contributed by atoms with E-state index < -0.39 is 0 Å². The van der Waals surface area contributed by atoms with Crippen molar-refractivity contribution >= 4 is 29.1 Å². The molecule has 6 heteroatoms. The number of rotatable bonds is 7. The van der Waals surface area contributed by atoms with Crippen molar-refractivity contribution in [2.24, 2.45) is 10.2 Å². The minimum absolute atomic E-state index is 0.0297. The van der Waals surface area contributed by atoms with Gasteiger partial charge >= 0.3 is 0 Å². The molecular formula is C24H21N3O2S. The van der Waals surface area contributed by atoms with Crippen LogP contribution in [0, 0.1) is 0 Å². The second-order valence-corrected chi connectivity index (χ2v) is 7.90. The fourth-order valence-electron chi connectivity index (χ4n) is 3.16. The van der Waals surface area contributed by atoms with Crippen molar-refractivity contribution in [1.29, 1.82) is 0 Å². The summed E-state index contributed by atoms with van der Waals surface area (Å²) in [6.07, 6.45) is 3.90. The van der Waals surface area contributed by atoms with Crippen molar-refractivity contribution < 1.29 is 9.21 Å². The van der Waals surface area contributed by atoms with Gasteiger partial charge in [0.2, 0.25) is 5.91 Å². The topological polar surface area (TPSA) is 58.2 Å².